The van der Waals surface area contributed by atoms with E-state index in [0.717, 1.165) is 42.3 Å². The van der Waals surface area contributed by atoms with Gasteiger partial charge in [0.05, 0.1) is 28.1 Å². The van der Waals surface area contributed by atoms with Crippen LogP contribution in [0.15, 0.2) is 29.1 Å². The molecule has 0 bridgehead atoms. The van der Waals surface area contributed by atoms with Gasteiger partial charge in [-0.15, -0.1) is 0 Å². The molecule has 0 atom stereocenters. The molecule has 0 unspecified atom stereocenters. The minimum absolute atomic E-state index is 0.0142. The summed E-state index contributed by atoms with van der Waals surface area (Å²) in [5, 5.41) is 11.8. The largest absolute Gasteiger partial charge is 0.384 e. The van der Waals surface area contributed by atoms with Crippen LogP contribution in [0.25, 0.3) is 5.69 Å². The van der Waals surface area contributed by atoms with Crippen LogP contribution in [0.2, 0.25) is 0 Å². The second-order valence-corrected chi connectivity index (χ2v) is 6.99. The molecule has 0 spiro atoms. The highest BCUT2D eigenvalue weighted by Crippen LogP contribution is 2.28. The van der Waals surface area contributed by atoms with Crippen LogP contribution in [-0.4, -0.2) is 29.5 Å². The summed E-state index contributed by atoms with van der Waals surface area (Å²) in [6.07, 6.45) is 4.51. The van der Waals surface area contributed by atoms with E-state index in [4.69, 9.17) is 5.73 Å². The summed E-state index contributed by atoms with van der Waals surface area (Å²) in [4.78, 5) is 38.6. The number of carbonyl (C=O) groups excluding carboxylic acids is 2. The molecule has 142 valence electrons. The monoisotopic (exact) mass is 377 g/mol. The molecule has 4 rings (SSSR count). The number of pyridine rings is 1. The molecule has 2 aliphatic rings. The van der Waals surface area contributed by atoms with Crippen molar-refractivity contribution in [3.63, 3.8) is 0 Å². The number of nitrogens with zero attached hydrogens (tertiary/aromatic N) is 3. The minimum atomic E-state index is -0.634. The highest BCUT2D eigenvalue weighted by Gasteiger charge is 2.32. The van der Waals surface area contributed by atoms with Gasteiger partial charge in [0.1, 0.15) is 11.9 Å². The van der Waals surface area contributed by atoms with Crippen molar-refractivity contribution in [1.29, 1.82) is 5.26 Å². The van der Waals surface area contributed by atoms with E-state index in [0.29, 0.717) is 11.3 Å². The van der Waals surface area contributed by atoms with E-state index in [2.05, 4.69) is 16.3 Å². The molecular formula is C20H19N5O3. The van der Waals surface area contributed by atoms with Crippen LogP contribution in [0, 0.1) is 11.3 Å². The number of nitrogen functional groups attached to an aromatic ring is 1. The number of benzene rings is 1. The minimum Gasteiger partial charge on any atom is -0.384 e. The Bertz CT molecular complexity index is 1090. The zero-order valence-corrected chi connectivity index (χ0v) is 15.2. The molecule has 2 aromatic rings. The lowest BCUT2D eigenvalue weighted by Crippen LogP contribution is -2.26. The van der Waals surface area contributed by atoms with Crippen molar-refractivity contribution in [2.75, 3.05) is 23.7 Å². The van der Waals surface area contributed by atoms with E-state index in [1.165, 1.54) is 12.8 Å². The molecule has 1 fully saturated rings. The Labute approximate surface area is 161 Å². The number of imide groups is 1. The van der Waals surface area contributed by atoms with Gasteiger partial charge in [-0.25, -0.2) is 0 Å². The lowest BCUT2D eigenvalue weighted by molar-refractivity contribution is 0.0880. The topological polar surface area (TPSA) is 121 Å². The fourth-order valence-electron chi connectivity index (χ4n) is 3.89. The van der Waals surface area contributed by atoms with Crippen LogP contribution in [0.3, 0.4) is 0 Å². The van der Waals surface area contributed by atoms with Gasteiger partial charge in [-0.2, -0.15) is 5.26 Å². The molecular weight excluding hydrogens is 358 g/mol. The maximum atomic E-state index is 12.6. The van der Waals surface area contributed by atoms with Crippen LogP contribution < -0.4 is 21.5 Å². The number of anilines is 2. The van der Waals surface area contributed by atoms with E-state index in [1.54, 1.807) is 12.1 Å². The molecule has 1 aromatic carbocycles. The number of nitrogens with one attached hydrogen (secondary N) is 1. The Kier molecular flexibility index (Phi) is 4.35. The third-order valence-electron chi connectivity index (χ3n) is 5.26. The number of nitrogens with two attached hydrogens (primary N) is 1. The number of hydrogen-bond donors (Lipinski definition) is 2. The van der Waals surface area contributed by atoms with Gasteiger partial charge >= 0.3 is 0 Å². The fraction of sp³-hybridized carbons (Fsp3) is 0.300. The number of aromatic nitrogens is 1. The predicted octanol–water partition coefficient (Wildman–Crippen LogP) is 1.56. The second kappa shape index (κ2) is 6.85. The third kappa shape index (κ3) is 2.81. The molecule has 3 heterocycles. The van der Waals surface area contributed by atoms with Crippen LogP contribution in [0.4, 0.5) is 11.5 Å². The number of rotatable bonds is 2. The first-order valence-corrected chi connectivity index (χ1v) is 9.22. The fourth-order valence-corrected chi connectivity index (χ4v) is 3.89. The number of nitriles is 1. The smallest absolute Gasteiger partial charge is 0.262 e. The average molecular weight is 377 g/mol. The van der Waals surface area contributed by atoms with Gasteiger partial charge in [-0.05, 0) is 31.0 Å². The van der Waals surface area contributed by atoms with E-state index in [1.807, 2.05) is 6.07 Å². The molecule has 1 aromatic heterocycles. The first kappa shape index (κ1) is 17.8. The maximum absolute atomic E-state index is 12.6. The van der Waals surface area contributed by atoms with Gasteiger partial charge < -0.3 is 10.6 Å². The Balaban J connectivity index is 1.82. The van der Waals surface area contributed by atoms with Gasteiger partial charge in [0.25, 0.3) is 17.4 Å². The Morgan fingerprint density at radius 3 is 2.39 bits per heavy atom. The number of carbonyl (C=O) groups is 2. The van der Waals surface area contributed by atoms with Crippen molar-refractivity contribution in [2.45, 2.75) is 25.7 Å². The molecule has 28 heavy (non-hydrogen) atoms. The Morgan fingerprint density at radius 1 is 1.00 bits per heavy atom. The van der Waals surface area contributed by atoms with Crippen LogP contribution >= 0.6 is 0 Å². The van der Waals surface area contributed by atoms with Gasteiger partial charge in [-0.3, -0.25) is 24.3 Å². The molecule has 8 heteroatoms. The zero-order valence-electron chi connectivity index (χ0n) is 15.2. The second-order valence-electron chi connectivity index (χ2n) is 6.99. The average Bonchev–Trinajstić information content (AvgIpc) is 2.86. The molecule has 1 saturated heterocycles. The molecule has 2 aliphatic heterocycles. The highest BCUT2D eigenvalue weighted by molar-refractivity contribution is 6.23. The molecule has 2 amide bonds. The van der Waals surface area contributed by atoms with E-state index < -0.39 is 17.4 Å². The van der Waals surface area contributed by atoms with Crippen molar-refractivity contribution in [2.24, 2.45) is 0 Å². The number of fused-ring (bicyclic) bond motifs is 1. The first-order valence-electron chi connectivity index (χ1n) is 9.22. The highest BCUT2D eigenvalue weighted by atomic mass is 16.2. The SMILES string of the molecule is N#Cc1cc(-n2c(N)c3c(cc2=O)C(=O)NC3=O)ccc1N1CCCCCC1. The molecule has 3 N–H and O–H groups in total. The summed E-state index contributed by atoms with van der Waals surface area (Å²) in [5.74, 6) is -1.38. The summed E-state index contributed by atoms with van der Waals surface area (Å²) in [5.41, 5.74) is 7.14. The van der Waals surface area contributed by atoms with E-state index >= 15 is 0 Å². The van der Waals surface area contributed by atoms with Crippen molar-refractivity contribution in [1.82, 2.24) is 9.88 Å². The molecule has 8 nitrogen and oxygen atoms in total. The van der Waals surface area contributed by atoms with Crippen LogP contribution in [0.5, 0.6) is 0 Å². The number of hydrogen-bond acceptors (Lipinski definition) is 6. The predicted molar refractivity (Wildman–Crippen MR) is 104 cm³/mol. The maximum Gasteiger partial charge on any atom is 0.262 e. The number of amides is 2. The van der Waals surface area contributed by atoms with Crippen molar-refractivity contribution in [3.05, 3.63) is 51.3 Å². The molecule has 0 saturated carbocycles. The summed E-state index contributed by atoms with van der Waals surface area (Å²) < 4.78 is 1.16. The summed E-state index contributed by atoms with van der Waals surface area (Å²) in [6.45, 7) is 1.77. The van der Waals surface area contributed by atoms with Crippen molar-refractivity contribution < 1.29 is 9.59 Å². The molecule has 0 aliphatic carbocycles. The quantitative estimate of drug-likeness (QED) is 0.766. The Hall–Kier alpha value is -3.60. The summed E-state index contributed by atoms with van der Waals surface area (Å²) in [7, 11) is 0. The standard InChI is InChI=1S/C20H19N5O3/c21-11-12-9-13(5-6-15(12)24-7-3-1-2-4-8-24)25-16(26)10-14-17(18(25)22)20(28)23-19(14)27/h5-6,9-10H,1-4,7-8,22H2,(H,23,27,28). The summed E-state index contributed by atoms with van der Waals surface area (Å²) >= 11 is 0. The lowest BCUT2D eigenvalue weighted by Gasteiger charge is -2.24. The summed E-state index contributed by atoms with van der Waals surface area (Å²) in [6, 6.07) is 8.41. The molecule has 0 radical (unpaired) electrons. The van der Waals surface area contributed by atoms with E-state index in [-0.39, 0.29) is 16.9 Å². The van der Waals surface area contributed by atoms with Crippen molar-refractivity contribution >= 4 is 23.3 Å². The Morgan fingerprint density at radius 2 is 1.71 bits per heavy atom. The van der Waals surface area contributed by atoms with Crippen LogP contribution in [0.1, 0.15) is 52.0 Å². The zero-order chi connectivity index (χ0) is 19.8. The van der Waals surface area contributed by atoms with Gasteiger partial charge in [0.15, 0.2) is 0 Å². The van der Waals surface area contributed by atoms with Crippen LogP contribution in [-0.2, 0) is 0 Å². The van der Waals surface area contributed by atoms with Gasteiger partial charge in [0, 0.05) is 19.2 Å². The van der Waals surface area contributed by atoms with E-state index in [9.17, 15) is 19.6 Å². The van der Waals surface area contributed by atoms with Gasteiger partial charge in [0.2, 0.25) is 0 Å². The first-order chi connectivity index (χ1) is 13.5. The van der Waals surface area contributed by atoms with Crippen molar-refractivity contribution in [3.8, 4) is 11.8 Å². The third-order valence-corrected chi connectivity index (χ3v) is 5.26. The van der Waals surface area contributed by atoms with Gasteiger partial charge in [-0.1, -0.05) is 12.8 Å². The normalized spacial score (nSPS) is 16.3. The lowest BCUT2D eigenvalue weighted by atomic mass is 10.1.